The molecular formula is C24H20N4O. The van der Waals surface area contributed by atoms with Crippen LogP contribution in [0.2, 0.25) is 0 Å². The van der Waals surface area contributed by atoms with Crippen molar-refractivity contribution in [2.45, 2.75) is 6.92 Å². The van der Waals surface area contributed by atoms with E-state index in [1.165, 1.54) is 0 Å². The minimum absolute atomic E-state index is 0.261. The maximum Gasteiger partial charge on any atom is 0.271 e. The van der Waals surface area contributed by atoms with E-state index in [2.05, 4.69) is 33.8 Å². The molecule has 142 valence electrons. The Morgan fingerprint density at radius 3 is 2.45 bits per heavy atom. The first-order chi connectivity index (χ1) is 14.2. The number of rotatable bonds is 5. The van der Waals surface area contributed by atoms with Crippen LogP contribution < -0.4 is 10.7 Å². The van der Waals surface area contributed by atoms with Crippen molar-refractivity contribution in [2.24, 2.45) is 5.10 Å². The maximum atomic E-state index is 12.2. The smallest absolute Gasteiger partial charge is 0.271 e. The molecule has 1 heterocycles. The molecular weight excluding hydrogens is 360 g/mol. The van der Waals surface area contributed by atoms with Gasteiger partial charge in [0.25, 0.3) is 5.91 Å². The minimum atomic E-state index is -0.261. The lowest BCUT2D eigenvalue weighted by atomic mass is 10.1. The Morgan fingerprint density at radius 1 is 0.931 bits per heavy atom. The molecule has 5 nitrogen and oxygen atoms in total. The maximum absolute atomic E-state index is 12.2. The lowest BCUT2D eigenvalue weighted by molar-refractivity contribution is 0.0955. The number of aryl methyl sites for hydroxylation is 1. The molecule has 1 aromatic heterocycles. The van der Waals surface area contributed by atoms with Gasteiger partial charge in [0, 0.05) is 16.6 Å². The van der Waals surface area contributed by atoms with Crippen molar-refractivity contribution in [3.63, 3.8) is 0 Å². The predicted molar refractivity (Wildman–Crippen MR) is 118 cm³/mol. The molecule has 4 rings (SSSR count). The Balaban J connectivity index is 1.42. The summed E-state index contributed by atoms with van der Waals surface area (Å²) in [6, 6.07) is 26.9. The van der Waals surface area contributed by atoms with E-state index in [0.717, 1.165) is 33.5 Å². The first kappa shape index (κ1) is 18.4. The van der Waals surface area contributed by atoms with Crippen LogP contribution in [0, 0.1) is 6.92 Å². The minimum Gasteiger partial charge on any atom is -0.340 e. The molecule has 0 unspecified atom stereocenters. The number of nitrogens with zero attached hydrogens (tertiary/aromatic N) is 2. The van der Waals surface area contributed by atoms with Gasteiger partial charge in [0.15, 0.2) is 0 Å². The molecule has 0 aliphatic rings. The summed E-state index contributed by atoms with van der Waals surface area (Å²) < 4.78 is 0. The zero-order valence-electron chi connectivity index (χ0n) is 16.0. The van der Waals surface area contributed by atoms with Crippen molar-refractivity contribution >= 4 is 34.5 Å². The summed E-state index contributed by atoms with van der Waals surface area (Å²) in [5.74, 6) is 0.509. The number of nitrogens with one attached hydrogen (secondary N) is 2. The van der Waals surface area contributed by atoms with Gasteiger partial charge in [-0.15, -0.1) is 0 Å². The topological polar surface area (TPSA) is 66.4 Å². The van der Waals surface area contributed by atoms with Crippen LogP contribution in [0.5, 0.6) is 0 Å². The number of carbonyl (C=O) groups is 1. The van der Waals surface area contributed by atoms with Gasteiger partial charge < -0.3 is 5.32 Å². The summed E-state index contributed by atoms with van der Waals surface area (Å²) in [6.45, 7) is 2.07. The number of aromatic nitrogens is 1. The van der Waals surface area contributed by atoms with Crippen LogP contribution in [0.4, 0.5) is 11.5 Å². The van der Waals surface area contributed by atoms with Gasteiger partial charge in [0.05, 0.1) is 11.7 Å². The van der Waals surface area contributed by atoms with E-state index in [0.29, 0.717) is 5.56 Å². The Labute approximate surface area is 169 Å². The van der Waals surface area contributed by atoms with Gasteiger partial charge >= 0.3 is 0 Å². The van der Waals surface area contributed by atoms with Crippen molar-refractivity contribution in [1.29, 1.82) is 0 Å². The average molecular weight is 380 g/mol. The Kier molecular flexibility index (Phi) is 5.29. The van der Waals surface area contributed by atoms with Gasteiger partial charge in [-0.1, -0.05) is 48.5 Å². The van der Waals surface area contributed by atoms with E-state index in [9.17, 15) is 4.79 Å². The number of hydrazone groups is 1. The number of hydrogen-bond acceptors (Lipinski definition) is 4. The molecule has 0 fully saturated rings. The fourth-order valence-electron chi connectivity index (χ4n) is 3.04. The molecule has 0 saturated heterocycles. The van der Waals surface area contributed by atoms with Crippen LogP contribution in [0.1, 0.15) is 21.5 Å². The van der Waals surface area contributed by atoms with Crippen LogP contribution in [0.15, 0.2) is 90.0 Å². The first-order valence-electron chi connectivity index (χ1n) is 9.31. The summed E-state index contributed by atoms with van der Waals surface area (Å²) in [6.07, 6.45) is 1.61. The lowest BCUT2D eigenvalue weighted by Crippen LogP contribution is -2.17. The van der Waals surface area contributed by atoms with E-state index in [1.54, 1.807) is 18.3 Å². The van der Waals surface area contributed by atoms with E-state index in [-0.39, 0.29) is 5.91 Å². The molecule has 3 aromatic carbocycles. The third-order valence-electron chi connectivity index (χ3n) is 4.52. The molecule has 0 aliphatic carbocycles. The molecule has 0 radical (unpaired) electrons. The number of amides is 1. The van der Waals surface area contributed by atoms with Crippen LogP contribution >= 0.6 is 0 Å². The van der Waals surface area contributed by atoms with E-state index < -0.39 is 0 Å². The molecule has 29 heavy (non-hydrogen) atoms. The second-order valence-electron chi connectivity index (χ2n) is 6.65. The van der Waals surface area contributed by atoms with Gasteiger partial charge in [-0.05, 0) is 54.4 Å². The number of anilines is 2. The Hall–Kier alpha value is -3.99. The van der Waals surface area contributed by atoms with Gasteiger partial charge in [-0.2, -0.15) is 5.10 Å². The molecule has 4 aromatic rings. The second kappa shape index (κ2) is 8.35. The van der Waals surface area contributed by atoms with Crippen molar-refractivity contribution in [3.8, 4) is 0 Å². The summed E-state index contributed by atoms with van der Waals surface area (Å²) in [5.41, 5.74) is 6.96. The van der Waals surface area contributed by atoms with Crippen LogP contribution in [-0.2, 0) is 0 Å². The largest absolute Gasteiger partial charge is 0.340 e. The normalized spacial score (nSPS) is 10.9. The highest BCUT2D eigenvalue weighted by molar-refractivity contribution is 5.95. The SMILES string of the molecule is Cc1cc(Nc2ccc(C(=O)N/N=C/c3ccccc3)cc2)nc2ccccc12. The van der Waals surface area contributed by atoms with E-state index in [1.807, 2.05) is 66.7 Å². The second-order valence-corrected chi connectivity index (χ2v) is 6.65. The van der Waals surface area contributed by atoms with E-state index >= 15 is 0 Å². The van der Waals surface area contributed by atoms with Gasteiger partial charge in [0.1, 0.15) is 5.82 Å². The number of pyridine rings is 1. The summed E-state index contributed by atoms with van der Waals surface area (Å²) in [4.78, 5) is 16.9. The average Bonchev–Trinajstić information content (AvgIpc) is 2.75. The van der Waals surface area contributed by atoms with Crippen molar-refractivity contribution in [2.75, 3.05) is 5.32 Å². The summed E-state index contributed by atoms with van der Waals surface area (Å²) in [7, 11) is 0. The predicted octanol–water partition coefficient (Wildman–Crippen LogP) is 5.05. The van der Waals surface area contributed by atoms with Gasteiger partial charge in [-0.25, -0.2) is 10.4 Å². The fourth-order valence-corrected chi connectivity index (χ4v) is 3.04. The number of para-hydroxylation sites is 1. The third kappa shape index (κ3) is 4.47. The molecule has 0 spiro atoms. The zero-order valence-corrected chi connectivity index (χ0v) is 16.0. The summed E-state index contributed by atoms with van der Waals surface area (Å²) in [5, 5.41) is 8.43. The molecule has 0 aliphatic heterocycles. The monoisotopic (exact) mass is 380 g/mol. The van der Waals surface area contributed by atoms with Gasteiger partial charge in [-0.3, -0.25) is 4.79 Å². The standard InChI is InChI=1S/C24H20N4O/c1-17-15-23(27-22-10-6-5-9-21(17)22)26-20-13-11-19(12-14-20)24(29)28-25-16-18-7-3-2-4-8-18/h2-16H,1H3,(H,26,27)(H,28,29)/b25-16+. The van der Waals surface area contributed by atoms with E-state index in [4.69, 9.17) is 0 Å². The molecule has 1 amide bonds. The van der Waals surface area contributed by atoms with Crippen molar-refractivity contribution in [3.05, 3.63) is 102 Å². The third-order valence-corrected chi connectivity index (χ3v) is 4.52. The quantitative estimate of drug-likeness (QED) is 0.376. The van der Waals surface area contributed by atoms with Crippen LogP contribution in [0.25, 0.3) is 10.9 Å². The number of fused-ring (bicyclic) bond motifs is 1. The number of benzene rings is 3. The molecule has 2 N–H and O–H groups in total. The highest BCUT2D eigenvalue weighted by Crippen LogP contribution is 2.22. The Morgan fingerprint density at radius 2 is 1.66 bits per heavy atom. The van der Waals surface area contributed by atoms with Crippen molar-refractivity contribution in [1.82, 2.24) is 10.4 Å². The van der Waals surface area contributed by atoms with Crippen LogP contribution in [0.3, 0.4) is 0 Å². The molecule has 0 saturated carbocycles. The fraction of sp³-hybridized carbons (Fsp3) is 0.0417. The molecule has 5 heteroatoms. The van der Waals surface area contributed by atoms with Gasteiger partial charge in [0.2, 0.25) is 0 Å². The zero-order chi connectivity index (χ0) is 20.1. The molecule has 0 bridgehead atoms. The Bertz CT molecular complexity index is 1170. The van der Waals surface area contributed by atoms with Crippen molar-refractivity contribution < 1.29 is 4.79 Å². The summed E-state index contributed by atoms with van der Waals surface area (Å²) >= 11 is 0. The molecule has 0 atom stereocenters. The number of carbonyl (C=O) groups excluding carboxylic acids is 1. The highest BCUT2D eigenvalue weighted by Gasteiger charge is 2.06. The number of hydrogen-bond donors (Lipinski definition) is 2. The first-order valence-corrected chi connectivity index (χ1v) is 9.31. The lowest BCUT2D eigenvalue weighted by Gasteiger charge is -2.09. The highest BCUT2D eigenvalue weighted by atomic mass is 16.2. The van der Waals surface area contributed by atoms with Crippen LogP contribution in [-0.4, -0.2) is 17.1 Å².